The standard InChI is InChI=1S/C18H22N6OS2/c1-25-7-6-20-16-15(14-9-13(23-24-14)11-4-5-11)17(22-18(19)21-16)27-10-12-3-2-8-26-12/h2-3,8-9,11H,4-7,10H2,1H3,(H,23,24)(H3,19,20,21,22). The number of methoxy groups -OCH3 is 1. The van der Waals surface area contributed by atoms with Crippen molar-refractivity contribution in [3.05, 3.63) is 34.2 Å². The Hall–Kier alpha value is -2.10. The Balaban J connectivity index is 1.67. The van der Waals surface area contributed by atoms with Crippen LogP contribution in [-0.4, -0.2) is 40.4 Å². The van der Waals surface area contributed by atoms with Gasteiger partial charge in [-0.25, -0.2) is 4.98 Å². The van der Waals surface area contributed by atoms with Crippen LogP contribution >= 0.6 is 23.1 Å². The molecule has 142 valence electrons. The SMILES string of the molecule is COCCNc1nc(N)nc(SCc2cccs2)c1-c1cc(C2CC2)[nH]n1. The molecular formula is C18H22N6OS2. The van der Waals surface area contributed by atoms with E-state index in [1.54, 1.807) is 30.2 Å². The lowest BCUT2D eigenvalue weighted by Crippen LogP contribution is -2.12. The van der Waals surface area contributed by atoms with Crippen LogP contribution in [-0.2, 0) is 10.5 Å². The van der Waals surface area contributed by atoms with Gasteiger partial charge in [-0.2, -0.15) is 10.1 Å². The minimum atomic E-state index is 0.255. The van der Waals surface area contributed by atoms with Crippen molar-refractivity contribution in [2.24, 2.45) is 0 Å². The van der Waals surface area contributed by atoms with Gasteiger partial charge >= 0.3 is 0 Å². The van der Waals surface area contributed by atoms with Crippen LogP contribution in [0.4, 0.5) is 11.8 Å². The minimum Gasteiger partial charge on any atom is -0.383 e. The van der Waals surface area contributed by atoms with Gasteiger partial charge in [-0.15, -0.1) is 11.3 Å². The maximum absolute atomic E-state index is 5.99. The van der Waals surface area contributed by atoms with E-state index in [1.807, 2.05) is 0 Å². The van der Waals surface area contributed by atoms with Crippen molar-refractivity contribution in [1.82, 2.24) is 20.2 Å². The number of H-pyrrole nitrogens is 1. The van der Waals surface area contributed by atoms with Crippen LogP contribution in [0.15, 0.2) is 28.6 Å². The van der Waals surface area contributed by atoms with Crippen molar-refractivity contribution in [2.75, 3.05) is 31.3 Å². The number of hydrogen-bond donors (Lipinski definition) is 3. The lowest BCUT2D eigenvalue weighted by atomic mass is 10.2. The van der Waals surface area contributed by atoms with Crippen molar-refractivity contribution < 1.29 is 4.74 Å². The van der Waals surface area contributed by atoms with Gasteiger partial charge in [-0.3, -0.25) is 5.10 Å². The Labute approximate surface area is 166 Å². The molecule has 0 amide bonds. The van der Waals surface area contributed by atoms with E-state index in [2.05, 4.69) is 49.1 Å². The molecule has 1 aliphatic rings. The number of nitrogen functional groups attached to an aromatic ring is 1. The van der Waals surface area contributed by atoms with Gasteiger partial charge in [0.25, 0.3) is 0 Å². The molecule has 0 unspecified atom stereocenters. The Bertz CT molecular complexity index is 891. The van der Waals surface area contributed by atoms with Crippen LogP contribution < -0.4 is 11.1 Å². The average Bonchev–Trinajstić information content (AvgIpc) is 3.17. The lowest BCUT2D eigenvalue weighted by molar-refractivity contribution is 0.210. The van der Waals surface area contributed by atoms with Gasteiger partial charge in [-0.1, -0.05) is 17.8 Å². The number of rotatable bonds is 9. The first-order chi connectivity index (χ1) is 13.2. The fourth-order valence-electron chi connectivity index (χ4n) is 2.79. The summed E-state index contributed by atoms with van der Waals surface area (Å²) in [4.78, 5) is 10.2. The minimum absolute atomic E-state index is 0.255. The molecule has 3 aromatic heterocycles. The van der Waals surface area contributed by atoms with Gasteiger partial charge in [0.05, 0.1) is 17.9 Å². The first-order valence-electron chi connectivity index (χ1n) is 8.85. The first kappa shape index (κ1) is 18.3. The molecule has 9 heteroatoms. The number of thiophene rings is 1. The van der Waals surface area contributed by atoms with Crippen molar-refractivity contribution in [2.45, 2.75) is 29.5 Å². The Morgan fingerprint density at radius 1 is 1.41 bits per heavy atom. The normalized spacial score (nSPS) is 13.8. The summed E-state index contributed by atoms with van der Waals surface area (Å²) in [6.45, 7) is 1.21. The summed E-state index contributed by atoms with van der Waals surface area (Å²) in [5.74, 6) is 2.39. The molecule has 1 aliphatic carbocycles. The van der Waals surface area contributed by atoms with E-state index in [1.165, 1.54) is 23.4 Å². The molecule has 4 N–H and O–H groups in total. The molecule has 0 aliphatic heterocycles. The van der Waals surface area contributed by atoms with Crippen LogP contribution in [0.3, 0.4) is 0 Å². The third kappa shape index (κ3) is 4.42. The zero-order valence-corrected chi connectivity index (χ0v) is 16.7. The van der Waals surface area contributed by atoms with E-state index in [-0.39, 0.29) is 5.95 Å². The molecular weight excluding hydrogens is 380 g/mol. The number of aromatic amines is 1. The van der Waals surface area contributed by atoms with E-state index in [0.717, 1.165) is 22.0 Å². The highest BCUT2D eigenvalue weighted by atomic mass is 32.2. The van der Waals surface area contributed by atoms with Crippen LogP contribution in [0, 0.1) is 0 Å². The summed E-state index contributed by atoms with van der Waals surface area (Å²) in [7, 11) is 1.68. The second kappa shape index (κ2) is 8.28. The number of ether oxygens (including phenoxy) is 1. The molecule has 0 radical (unpaired) electrons. The fourth-order valence-corrected chi connectivity index (χ4v) is 4.61. The highest BCUT2D eigenvalue weighted by Crippen LogP contribution is 2.42. The highest BCUT2D eigenvalue weighted by molar-refractivity contribution is 7.98. The molecule has 1 fully saturated rings. The maximum atomic E-state index is 5.99. The summed E-state index contributed by atoms with van der Waals surface area (Å²) >= 11 is 3.39. The molecule has 0 spiro atoms. The highest BCUT2D eigenvalue weighted by Gasteiger charge is 2.27. The molecule has 1 saturated carbocycles. The molecule has 7 nitrogen and oxygen atoms in total. The number of nitrogens with zero attached hydrogens (tertiary/aromatic N) is 3. The molecule has 0 aromatic carbocycles. The number of hydrogen-bond acceptors (Lipinski definition) is 8. The Kier molecular flexibility index (Phi) is 5.61. The molecule has 0 bridgehead atoms. The summed E-state index contributed by atoms with van der Waals surface area (Å²) in [5.41, 5.74) is 8.92. The number of nitrogens with two attached hydrogens (primary N) is 1. The van der Waals surface area contributed by atoms with Crippen LogP contribution in [0.25, 0.3) is 11.3 Å². The molecule has 0 saturated heterocycles. The van der Waals surface area contributed by atoms with Crippen molar-refractivity contribution in [3.63, 3.8) is 0 Å². The predicted molar refractivity (Wildman–Crippen MR) is 110 cm³/mol. The van der Waals surface area contributed by atoms with Gasteiger partial charge in [0.15, 0.2) is 0 Å². The van der Waals surface area contributed by atoms with E-state index in [9.17, 15) is 0 Å². The third-order valence-corrected chi connectivity index (χ3v) is 6.38. The van der Waals surface area contributed by atoms with Gasteiger partial charge < -0.3 is 15.8 Å². The van der Waals surface area contributed by atoms with E-state index in [4.69, 9.17) is 10.5 Å². The third-order valence-electron chi connectivity index (χ3n) is 4.29. The molecule has 3 aromatic rings. The quantitative estimate of drug-likeness (QED) is 0.285. The van der Waals surface area contributed by atoms with Crippen LogP contribution in [0.1, 0.15) is 29.3 Å². The fraction of sp³-hybridized carbons (Fsp3) is 0.389. The maximum Gasteiger partial charge on any atom is 0.223 e. The predicted octanol–water partition coefficient (Wildman–Crippen LogP) is 3.74. The average molecular weight is 403 g/mol. The lowest BCUT2D eigenvalue weighted by Gasteiger charge is -2.13. The van der Waals surface area contributed by atoms with Crippen LogP contribution in [0.5, 0.6) is 0 Å². The van der Waals surface area contributed by atoms with Gasteiger partial charge in [0.2, 0.25) is 5.95 Å². The topological polar surface area (TPSA) is 102 Å². The van der Waals surface area contributed by atoms with E-state index in [0.29, 0.717) is 24.9 Å². The first-order valence-corrected chi connectivity index (χ1v) is 10.7. The molecule has 3 heterocycles. The number of thioether (sulfide) groups is 1. The van der Waals surface area contributed by atoms with Gasteiger partial charge in [0, 0.05) is 35.9 Å². The van der Waals surface area contributed by atoms with Crippen LogP contribution in [0.2, 0.25) is 0 Å². The monoisotopic (exact) mass is 402 g/mol. The van der Waals surface area contributed by atoms with Gasteiger partial charge in [-0.05, 0) is 30.4 Å². The van der Waals surface area contributed by atoms with Gasteiger partial charge in [0.1, 0.15) is 10.8 Å². The van der Waals surface area contributed by atoms with Crippen molar-refractivity contribution in [3.8, 4) is 11.3 Å². The van der Waals surface area contributed by atoms with E-state index < -0.39 is 0 Å². The number of anilines is 2. The smallest absolute Gasteiger partial charge is 0.223 e. The van der Waals surface area contributed by atoms with Crippen molar-refractivity contribution >= 4 is 34.9 Å². The second-order valence-electron chi connectivity index (χ2n) is 6.38. The van der Waals surface area contributed by atoms with Crippen molar-refractivity contribution in [1.29, 1.82) is 0 Å². The molecule has 27 heavy (non-hydrogen) atoms. The van der Waals surface area contributed by atoms with E-state index >= 15 is 0 Å². The number of aromatic nitrogens is 4. The zero-order valence-electron chi connectivity index (χ0n) is 15.1. The molecule has 0 atom stereocenters. The zero-order chi connectivity index (χ0) is 18.6. The largest absolute Gasteiger partial charge is 0.383 e. The number of nitrogens with one attached hydrogen (secondary N) is 2. The summed E-state index contributed by atoms with van der Waals surface area (Å²) in [6.07, 6.45) is 2.44. The second-order valence-corrected chi connectivity index (χ2v) is 8.38. The summed E-state index contributed by atoms with van der Waals surface area (Å²) in [5, 5.41) is 14.0. The molecule has 4 rings (SSSR count). The summed E-state index contributed by atoms with van der Waals surface area (Å²) < 4.78 is 5.15. The summed E-state index contributed by atoms with van der Waals surface area (Å²) in [6, 6.07) is 6.30. The Morgan fingerprint density at radius 2 is 2.30 bits per heavy atom. The Morgan fingerprint density at radius 3 is 3.04 bits per heavy atom.